The second-order valence-corrected chi connectivity index (χ2v) is 6.34. The maximum atomic E-state index is 5.91. The molecule has 3 nitrogen and oxygen atoms in total. The molecule has 4 heteroatoms. The summed E-state index contributed by atoms with van der Waals surface area (Å²) in [5.74, 6) is 0. The summed E-state index contributed by atoms with van der Waals surface area (Å²) < 4.78 is 0. The highest BCUT2D eigenvalue weighted by Gasteiger charge is 2.30. The van der Waals surface area contributed by atoms with Crippen LogP contribution in [0.2, 0.25) is 0 Å². The molecule has 1 aliphatic heterocycles. The second-order valence-electron chi connectivity index (χ2n) is 5.92. The third-order valence-electron chi connectivity index (χ3n) is 4.40. The van der Waals surface area contributed by atoms with E-state index in [2.05, 4.69) is 54.6 Å². The highest BCUT2D eigenvalue weighted by atomic mass is 32.1. The van der Waals surface area contributed by atoms with E-state index in [4.69, 9.17) is 23.1 Å². The van der Waals surface area contributed by atoms with Gasteiger partial charge in [0.15, 0.2) is 5.11 Å². The van der Waals surface area contributed by atoms with Gasteiger partial charge in [-0.15, -0.1) is 0 Å². The summed E-state index contributed by atoms with van der Waals surface area (Å²) in [5, 5.41) is 9.21. The molecule has 0 aliphatic carbocycles. The van der Waals surface area contributed by atoms with Gasteiger partial charge in [0.25, 0.3) is 0 Å². The zero-order valence-corrected chi connectivity index (χ0v) is 13.9. The van der Waals surface area contributed by atoms with Crippen molar-refractivity contribution >= 4 is 33.8 Å². The predicted molar refractivity (Wildman–Crippen MR) is 103 cm³/mol. The van der Waals surface area contributed by atoms with Crippen LogP contribution in [0.1, 0.15) is 23.6 Å². The molecule has 1 atom stereocenters. The molecule has 0 amide bonds. The first-order valence-electron chi connectivity index (χ1n) is 7.92. The van der Waals surface area contributed by atoms with Gasteiger partial charge in [-0.05, 0) is 40.2 Å². The van der Waals surface area contributed by atoms with Gasteiger partial charge in [0.2, 0.25) is 0 Å². The van der Waals surface area contributed by atoms with E-state index < -0.39 is 0 Å². The first-order chi connectivity index (χ1) is 11.7. The van der Waals surface area contributed by atoms with Crippen molar-refractivity contribution in [1.29, 1.82) is 0 Å². The van der Waals surface area contributed by atoms with Gasteiger partial charge in [-0.2, -0.15) is 5.10 Å². The summed E-state index contributed by atoms with van der Waals surface area (Å²) in [4.78, 5) is 0. The molecule has 118 valence electrons. The summed E-state index contributed by atoms with van der Waals surface area (Å²) in [6.07, 6.45) is 0.791. The first-order valence-corrected chi connectivity index (χ1v) is 8.33. The van der Waals surface area contributed by atoms with Crippen molar-refractivity contribution in [1.82, 2.24) is 5.01 Å². The largest absolute Gasteiger partial charge is 0.375 e. The van der Waals surface area contributed by atoms with E-state index in [1.54, 1.807) is 5.01 Å². The molecule has 3 aromatic rings. The van der Waals surface area contributed by atoms with Crippen LogP contribution < -0.4 is 5.73 Å². The molecule has 0 bridgehead atoms. The van der Waals surface area contributed by atoms with Crippen molar-refractivity contribution in [2.24, 2.45) is 10.8 Å². The van der Waals surface area contributed by atoms with Crippen LogP contribution in [0.3, 0.4) is 0 Å². The van der Waals surface area contributed by atoms with Crippen molar-refractivity contribution in [2.75, 3.05) is 0 Å². The Labute approximate surface area is 146 Å². The monoisotopic (exact) mass is 331 g/mol. The van der Waals surface area contributed by atoms with E-state index in [1.807, 2.05) is 18.2 Å². The van der Waals surface area contributed by atoms with Gasteiger partial charge in [-0.1, -0.05) is 66.7 Å². The maximum absolute atomic E-state index is 5.91. The number of hydrogen-bond donors (Lipinski definition) is 1. The third kappa shape index (κ3) is 2.65. The Bertz CT molecular complexity index is 934. The minimum absolute atomic E-state index is 0.0603. The zero-order chi connectivity index (χ0) is 16.5. The van der Waals surface area contributed by atoms with Gasteiger partial charge in [0, 0.05) is 6.42 Å². The first kappa shape index (κ1) is 14.8. The number of thiocarbonyl (C=S) groups is 1. The smallest absolute Gasteiger partial charge is 0.187 e. The van der Waals surface area contributed by atoms with Crippen LogP contribution in [-0.4, -0.2) is 15.8 Å². The molecule has 24 heavy (non-hydrogen) atoms. The molecule has 1 aliphatic rings. The van der Waals surface area contributed by atoms with Gasteiger partial charge in [-0.25, -0.2) is 5.01 Å². The van der Waals surface area contributed by atoms with E-state index in [1.165, 1.54) is 16.3 Å². The third-order valence-corrected chi connectivity index (χ3v) is 4.59. The zero-order valence-electron chi connectivity index (χ0n) is 13.1. The number of hydrogen-bond acceptors (Lipinski definition) is 2. The van der Waals surface area contributed by atoms with Crippen molar-refractivity contribution < 1.29 is 0 Å². The SMILES string of the molecule is NC(=S)N1N=C(c2ccc3ccccc3c2)CC1c1ccccc1. The van der Waals surface area contributed by atoms with E-state index in [0.717, 1.165) is 17.7 Å². The van der Waals surface area contributed by atoms with Crippen LogP contribution in [0.25, 0.3) is 10.8 Å². The van der Waals surface area contributed by atoms with E-state index >= 15 is 0 Å². The predicted octanol–water partition coefficient (Wildman–Crippen LogP) is 4.23. The van der Waals surface area contributed by atoms with Crippen molar-refractivity contribution in [3.63, 3.8) is 0 Å². The molecule has 1 unspecified atom stereocenters. The quantitative estimate of drug-likeness (QED) is 0.714. The minimum atomic E-state index is 0.0603. The Morgan fingerprint density at radius 2 is 1.67 bits per heavy atom. The number of fused-ring (bicyclic) bond motifs is 1. The van der Waals surface area contributed by atoms with Crippen molar-refractivity contribution in [3.05, 3.63) is 83.9 Å². The van der Waals surface area contributed by atoms with Crippen molar-refractivity contribution in [2.45, 2.75) is 12.5 Å². The van der Waals surface area contributed by atoms with Crippen molar-refractivity contribution in [3.8, 4) is 0 Å². The lowest BCUT2D eigenvalue weighted by Crippen LogP contribution is -2.31. The van der Waals surface area contributed by atoms with Crippen LogP contribution in [0, 0.1) is 0 Å². The summed E-state index contributed by atoms with van der Waals surface area (Å²) in [7, 11) is 0. The summed E-state index contributed by atoms with van der Waals surface area (Å²) >= 11 is 5.21. The minimum Gasteiger partial charge on any atom is -0.375 e. The Kier molecular flexibility index (Phi) is 3.75. The molecular formula is C20H17N3S. The topological polar surface area (TPSA) is 41.6 Å². The average Bonchev–Trinajstić information content (AvgIpc) is 3.08. The lowest BCUT2D eigenvalue weighted by atomic mass is 9.97. The van der Waals surface area contributed by atoms with Gasteiger partial charge >= 0.3 is 0 Å². The molecule has 4 rings (SSSR count). The van der Waals surface area contributed by atoms with Gasteiger partial charge in [-0.3, -0.25) is 0 Å². The molecule has 3 aromatic carbocycles. The average molecular weight is 331 g/mol. The molecule has 2 N–H and O–H groups in total. The summed E-state index contributed by atoms with van der Waals surface area (Å²) in [5.41, 5.74) is 9.21. The van der Waals surface area contributed by atoms with Crippen LogP contribution in [0.15, 0.2) is 77.9 Å². The summed E-state index contributed by atoms with van der Waals surface area (Å²) in [6, 6.07) is 25.1. The van der Waals surface area contributed by atoms with Gasteiger partial charge < -0.3 is 5.73 Å². The highest BCUT2D eigenvalue weighted by molar-refractivity contribution is 7.80. The van der Waals surface area contributed by atoms with E-state index in [-0.39, 0.29) is 6.04 Å². The molecule has 0 spiro atoms. The fraction of sp³-hybridized carbons (Fsp3) is 0.100. The summed E-state index contributed by atoms with van der Waals surface area (Å²) in [6.45, 7) is 0. The lowest BCUT2D eigenvalue weighted by molar-refractivity contribution is 0.373. The number of nitrogens with zero attached hydrogens (tertiary/aromatic N) is 2. The second kappa shape index (κ2) is 6.06. The van der Waals surface area contributed by atoms with E-state index in [0.29, 0.717) is 5.11 Å². The fourth-order valence-corrected chi connectivity index (χ4v) is 3.36. The highest BCUT2D eigenvalue weighted by Crippen LogP contribution is 2.33. The molecule has 0 aromatic heterocycles. The number of hydrazone groups is 1. The van der Waals surface area contributed by atoms with Gasteiger partial charge in [0.05, 0.1) is 11.8 Å². The van der Waals surface area contributed by atoms with E-state index in [9.17, 15) is 0 Å². The van der Waals surface area contributed by atoms with Crippen LogP contribution in [0.4, 0.5) is 0 Å². The molecule has 0 radical (unpaired) electrons. The normalized spacial score (nSPS) is 17.1. The Morgan fingerprint density at radius 1 is 0.958 bits per heavy atom. The van der Waals surface area contributed by atoms with Crippen LogP contribution in [-0.2, 0) is 0 Å². The Balaban J connectivity index is 1.72. The number of benzene rings is 3. The molecular weight excluding hydrogens is 314 g/mol. The van der Waals surface area contributed by atoms with Crippen LogP contribution in [0.5, 0.6) is 0 Å². The molecule has 0 fully saturated rings. The molecule has 1 heterocycles. The fourth-order valence-electron chi connectivity index (χ4n) is 3.19. The number of rotatable bonds is 2. The standard InChI is InChI=1S/C20H17N3S/c21-20(24)23-19(15-7-2-1-3-8-15)13-18(22-23)17-11-10-14-6-4-5-9-16(14)12-17/h1-12,19H,13H2,(H2,21,24). The molecule has 0 saturated carbocycles. The Morgan fingerprint density at radius 3 is 2.42 bits per heavy atom. The lowest BCUT2D eigenvalue weighted by Gasteiger charge is -2.21. The number of nitrogens with two attached hydrogens (primary N) is 1. The maximum Gasteiger partial charge on any atom is 0.187 e. The van der Waals surface area contributed by atoms with Gasteiger partial charge in [0.1, 0.15) is 0 Å². The van der Waals surface area contributed by atoms with Crippen LogP contribution >= 0.6 is 12.2 Å². The Hall–Kier alpha value is -2.72. The molecule has 0 saturated heterocycles.